The highest BCUT2D eigenvalue weighted by molar-refractivity contribution is 7.12. The Labute approximate surface area is 50.0 Å². The Kier molecular flexibility index (Phi) is 1.02. The van der Waals surface area contributed by atoms with Crippen molar-refractivity contribution in [3.05, 3.63) is 5.38 Å². The lowest BCUT2D eigenvalue weighted by atomic mass is 10.5. The van der Waals surface area contributed by atoms with Crippen molar-refractivity contribution >= 4 is 17.0 Å². The summed E-state index contributed by atoms with van der Waals surface area (Å²) in [5.41, 5.74) is 5.37. The van der Waals surface area contributed by atoms with Crippen molar-refractivity contribution in [1.82, 2.24) is 0 Å². The van der Waals surface area contributed by atoms with Crippen molar-refractivity contribution in [3.63, 3.8) is 0 Å². The minimum absolute atomic E-state index is 0.123. The van der Waals surface area contributed by atoms with Gasteiger partial charge >= 0.3 is 0 Å². The van der Waals surface area contributed by atoms with Gasteiger partial charge in [-0.1, -0.05) is 0 Å². The minimum atomic E-state index is -0.213. The molecule has 0 aliphatic heterocycles. The summed E-state index contributed by atoms with van der Waals surface area (Å²) in [6, 6.07) is 0. The number of nitrogen functional groups attached to an aromatic ring is 1. The molecule has 0 aromatic carbocycles. The molecule has 0 saturated heterocycles. The Morgan fingerprint density at radius 3 is 2.25 bits per heavy atom. The average Bonchev–Trinajstić information content (AvgIpc) is 1.98. The number of nitrogens with two attached hydrogens (primary N) is 1. The molecule has 0 saturated carbocycles. The number of aromatic hydroxyl groups is 2. The van der Waals surface area contributed by atoms with Crippen LogP contribution in [0.5, 0.6) is 10.8 Å². The lowest BCUT2D eigenvalue weighted by Crippen LogP contribution is -1.77. The van der Waals surface area contributed by atoms with E-state index in [0.717, 1.165) is 11.3 Å². The number of anilines is 1. The van der Waals surface area contributed by atoms with Gasteiger partial charge in [0.1, 0.15) is 0 Å². The van der Waals surface area contributed by atoms with Crippen LogP contribution in [-0.4, -0.2) is 10.2 Å². The van der Waals surface area contributed by atoms with Crippen LogP contribution in [0.25, 0.3) is 0 Å². The molecule has 0 unspecified atom stereocenters. The maximum absolute atomic E-state index is 8.68. The first-order valence-corrected chi connectivity index (χ1v) is 2.84. The minimum Gasteiger partial charge on any atom is -0.502 e. The zero-order valence-corrected chi connectivity index (χ0v) is 4.77. The summed E-state index contributed by atoms with van der Waals surface area (Å²) >= 11 is 1.01. The van der Waals surface area contributed by atoms with Crippen LogP contribution in [0.2, 0.25) is 0 Å². The van der Waals surface area contributed by atoms with Crippen molar-refractivity contribution in [1.29, 1.82) is 0 Å². The monoisotopic (exact) mass is 131 g/mol. The van der Waals surface area contributed by atoms with E-state index >= 15 is 0 Å². The van der Waals surface area contributed by atoms with Crippen LogP contribution in [0.15, 0.2) is 5.38 Å². The van der Waals surface area contributed by atoms with Gasteiger partial charge in [0.15, 0.2) is 5.75 Å². The quantitative estimate of drug-likeness (QED) is 0.486. The molecular formula is C4H5NO2S. The van der Waals surface area contributed by atoms with E-state index in [1.807, 2.05) is 0 Å². The normalized spacial score (nSPS) is 9.50. The van der Waals surface area contributed by atoms with E-state index in [-0.39, 0.29) is 16.5 Å². The third-order valence-electron chi connectivity index (χ3n) is 0.774. The molecule has 44 valence electrons. The summed E-state index contributed by atoms with van der Waals surface area (Å²) in [4.78, 5) is 0. The molecule has 0 aliphatic rings. The van der Waals surface area contributed by atoms with Crippen molar-refractivity contribution in [2.45, 2.75) is 0 Å². The van der Waals surface area contributed by atoms with Crippen LogP contribution in [0.4, 0.5) is 5.69 Å². The van der Waals surface area contributed by atoms with Crippen LogP contribution in [0.1, 0.15) is 0 Å². The number of hydrogen-bond donors (Lipinski definition) is 3. The van der Waals surface area contributed by atoms with Gasteiger partial charge in [-0.2, -0.15) is 0 Å². The Balaban J connectivity index is 3.19. The Hall–Kier alpha value is -0.900. The highest BCUT2D eigenvalue weighted by Gasteiger charge is 2.03. The maximum Gasteiger partial charge on any atom is 0.216 e. The fourth-order valence-corrected chi connectivity index (χ4v) is 0.934. The summed E-state index contributed by atoms with van der Waals surface area (Å²) in [7, 11) is 0. The van der Waals surface area contributed by atoms with Crippen molar-refractivity contribution in [2.24, 2.45) is 0 Å². The van der Waals surface area contributed by atoms with E-state index in [9.17, 15) is 0 Å². The van der Waals surface area contributed by atoms with Gasteiger partial charge in [0, 0.05) is 5.38 Å². The van der Waals surface area contributed by atoms with E-state index in [1.165, 1.54) is 5.38 Å². The fourth-order valence-electron chi connectivity index (χ4n) is 0.354. The lowest BCUT2D eigenvalue weighted by molar-refractivity contribution is 0.417. The van der Waals surface area contributed by atoms with E-state index in [1.54, 1.807) is 0 Å². The highest BCUT2D eigenvalue weighted by atomic mass is 32.1. The fraction of sp³-hybridized carbons (Fsp3) is 0. The summed E-state index contributed by atoms with van der Waals surface area (Å²) in [6.45, 7) is 0. The summed E-state index contributed by atoms with van der Waals surface area (Å²) in [5, 5.41) is 18.7. The van der Waals surface area contributed by atoms with Crippen LogP contribution >= 0.6 is 11.3 Å². The molecule has 0 amide bonds. The number of thiophene rings is 1. The third kappa shape index (κ3) is 0.586. The van der Waals surface area contributed by atoms with Gasteiger partial charge in [-0.05, 0) is 0 Å². The molecule has 0 spiro atoms. The lowest BCUT2D eigenvalue weighted by Gasteiger charge is -1.85. The predicted molar refractivity (Wildman–Crippen MR) is 32.1 cm³/mol. The summed E-state index contributed by atoms with van der Waals surface area (Å²) < 4.78 is 0. The molecule has 4 heteroatoms. The van der Waals surface area contributed by atoms with Crippen molar-refractivity contribution in [2.75, 3.05) is 5.73 Å². The molecule has 1 aromatic heterocycles. The third-order valence-corrected chi connectivity index (χ3v) is 1.56. The Bertz CT molecular complexity index is 176. The number of hydrogen-bond acceptors (Lipinski definition) is 4. The van der Waals surface area contributed by atoms with Gasteiger partial charge in [-0.25, -0.2) is 0 Å². The van der Waals surface area contributed by atoms with Gasteiger partial charge in [0.25, 0.3) is 0 Å². The molecule has 4 N–H and O–H groups in total. The van der Waals surface area contributed by atoms with Gasteiger partial charge in [0.05, 0.1) is 5.69 Å². The second-order valence-corrected chi connectivity index (χ2v) is 2.20. The smallest absolute Gasteiger partial charge is 0.216 e. The zero-order chi connectivity index (χ0) is 6.15. The van der Waals surface area contributed by atoms with Gasteiger partial charge < -0.3 is 15.9 Å². The van der Waals surface area contributed by atoms with E-state index in [4.69, 9.17) is 15.9 Å². The summed E-state index contributed by atoms with van der Waals surface area (Å²) in [6.07, 6.45) is 0. The molecule has 0 radical (unpaired) electrons. The van der Waals surface area contributed by atoms with Crippen LogP contribution in [0.3, 0.4) is 0 Å². The van der Waals surface area contributed by atoms with Crippen LogP contribution < -0.4 is 5.73 Å². The van der Waals surface area contributed by atoms with E-state index < -0.39 is 0 Å². The second kappa shape index (κ2) is 1.56. The van der Waals surface area contributed by atoms with Gasteiger partial charge in [-0.3, -0.25) is 0 Å². The molecule has 0 atom stereocenters. The average molecular weight is 131 g/mol. The molecule has 1 heterocycles. The Morgan fingerprint density at radius 1 is 1.50 bits per heavy atom. The van der Waals surface area contributed by atoms with Gasteiger partial charge in [-0.15, -0.1) is 11.3 Å². The SMILES string of the molecule is Nc1csc(O)c1O. The molecule has 0 fully saturated rings. The Morgan fingerprint density at radius 2 is 2.12 bits per heavy atom. The zero-order valence-electron chi connectivity index (χ0n) is 3.96. The molecule has 8 heavy (non-hydrogen) atoms. The first kappa shape index (κ1) is 5.24. The van der Waals surface area contributed by atoms with Crippen molar-refractivity contribution < 1.29 is 10.2 Å². The van der Waals surface area contributed by atoms with Crippen molar-refractivity contribution in [3.8, 4) is 10.8 Å². The maximum atomic E-state index is 8.68. The topological polar surface area (TPSA) is 66.5 Å². The second-order valence-electron chi connectivity index (χ2n) is 1.34. The first-order valence-electron chi connectivity index (χ1n) is 1.96. The molecule has 0 aliphatic carbocycles. The largest absolute Gasteiger partial charge is 0.502 e. The standard InChI is InChI=1S/C4H5NO2S/c5-2-1-8-4(7)3(2)6/h1,6-7H,5H2. The molecule has 1 aromatic rings. The van der Waals surface area contributed by atoms with Crippen LogP contribution in [0, 0.1) is 0 Å². The van der Waals surface area contributed by atoms with Gasteiger partial charge in [0.2, 0.25) is 5.06 Å². The summed E-state index contributed by atoms with van der Waals surface area (Å²) in [5.74, 6) is -0.213. The number of rotatable bonds is 0. The van der Waals surface area contributed by atoms with E-state index in [0.29, 0.717) is 0 Å². The van der Waals surface area contributed by atoms with Crippen LogP contribution in [-0.2, 0) is 0 Å². The molecule has 0 bridgehead atoms. The molecular weight excluding hydrogens is 126 g/mol. The predicted octanol–water partition coefficient (Wildman–Crippen LogP) is 0.742. The molecule has 1 rings (SSSR count). The first-order chi connectivity index (χ1) is 3.72. The molecule has 3 nitrogen and oxygen atoms in total. The van der Waals surface area contributed by atoms with E-state index in [2.05, 4.69) is 0 Å². The highest BCUT2D eigenvalue weighted by Crippen LogP contribution is 2.37.